The highest BCUT2D eigenvalue weighted by Crippen LogP contribution is 2.01. The van der Waals surface area contributed by atoms with Gasteiger partial charge in [0.25, 0.3) is 6.43 Å². The Morgan fingerprint density at radius 3 is 2.38 bits per heavy atom. The van der Waals surface area contributed by atoms with Crippen LogP contribution >= 0.6 is 0 Å². The van der Waals surface area contributed by atoms with Crippen LogP contribution in [-0.2, 0) is 4.79 Å². The molecule has 0 saturated carbocycles. The molecule has 0 bridgehead atoms. The molecule has 0 aromatic carbocycles. The highest BCUT2D eigenvalue weighted by molar-refractivity contribution is 5.78. The standard InChI is InChI=1S/C10H20F2N2O2/c1-10(2,3)13-9(16)7-14(4-5-15)6-8(11)12/h8,15H,4-7H2,1-3H3,(H,13,16). The minimum atomic E-state index is -2.51. The zero-order chi connectivity index (χ0) is 12.8. The van der Waals surface area contributed by atoms with Crippen molar-refractivity contribution < 1.29 is 18.7 Å². The van der Waals surface area contributed by atoms with Gasteiger partial charge in [-0.15, -0.1) is 0 Å². The number of nitrogens with zero attached hydrogens (tertiary/aromatic N) is 1. The molecule has 96 valence electrons. The van der Waals surface area contributed by atoms with E-state index < -0.39 is 13.0 Å². The highest BCUT2D eigenvalue weighted by atomic mass is 19.3. The van der Waals surface area contributed by atoms with Gasteiger partial charge in [0, 0.05) is 12.1 Å². The number of nitrogens with one attached hydrogen (secondary N) is 1. The largest absolute Gasteiger partial charge is 0.395 e. The van der Waals surface area contributed by atoms with Crippen LogP contribution in [0.4, 0.5) is 8.78 Å². The lowest BCUT2D eigenvalue weighted by Gasteiger charge is -2.24. The first-order valence-corrected chi connectivity index (χ1v) is 5.17. The number of hydrogen-bond donors (Lipinski definition) is 2. The molecule has 0 spiro atoms. The van der Waals surface area contributed by atoms with Gasteiger partial charge in [-0.05, 0) is 20.8 Å². The molecule has 0 radical (unpaired) electrons. The minimum Gasteiger partial charge on any atom is -0.395 e. The van der Waals surface area contributed by atoms with E-state index in [1.54, 1.807) is 0 Å². The van der Waals surface area contributed by atoms with Gasteiger partial charge in [-0.1, -0.05) is 0 Å². The maximum atomic E-state index is 12.1. The van der Waals surface area contributed by atoms with E-state index in [-0.39, 0.29) is 31.1 Å². The molecule has 0 aliphatic heterocycles. The first kappa shape index (κ1) is 15.2. The average molecular weight is 238 g/mol. The van der Waals surface area contributed by atoms with E-state index in [9.17, 15) is 13.6 Å². The summed E-state index contributed by atoms with van der Waals surface area (Å²) in [6, 6.07) is 0. The first-order chi connectivity index (χ1) is 7.24. The Morgan fingerprint density at radius 1 is 1.44 bits per heavy atom. The Morgan fingerprint density at radius 2 is 2.00 bits per heavy atom. The molecule has 0 rings (SSSR count). The van der Waals surface area contributed by atoms with Crippen LogP contribution in [0.1, 0.15) is 20.8 Å². The zero-order valence-corrected chi connectivity index (χ0v) is 9.96. The Hall–Kier alpha value is -0.750. The van der Waals surface area contributed by atoms with E-state index in [0.29, 0.717) is 0 Å². The minimum absolute atomic E-state index is 0.0713. The van der Waals surface area contributed by atoms with Crippen molar-refractivity contribution in [1.82, 2.24) is 10.2 Å². The molecule has 2 N–H and O–H groups in total. The number of rotatable bonds is 6. The lowest BCUT2D eigenvalue weighted by Crippen LogP contribution is -2.47. The Kier molecular flexibility index (Phi) is 6.43. The third-order valence-electron chi connectivity index (χ3n) is 1.69. The molecule has 6 heteroatoms. The second kappa shape index (κ2) is 6.75. The van der Waals surface area contributed by atoms with E-state index in [2.05, 4.69) is 5.32 Å². The van der Waals surface area contributed by atoms with Crippen LogP contribution in [0.25, 0.3) is 0 Å². The first-order valence-electron chi connectivity index (χ1n) is 5.17. The zero-order valence-electron chi connectivity index (χ0n) is 9.96. The summed E-state index contributed by atoms with van der Waals surface area (Å²) in [6.07, 6.45) is -2.51. The smallest absolute Gasteiger partial charge is 0.251 e. The van der Waals surface area contributed by atoms with Gasteiger partial charge in [-0.25, -0.2) is 8.78 Å². The van der Waals surface area contributed by atoms with Crippen molar-refractivity contribution in [2.75, 3.05) is 26.2 Å². The summed E-state index contributed by atoms with van der Waals surface area (Å²) >= 11 is 0. The van der Waals surface area contributed by atoms with E-state index in [1.165, 1.54) is 4.90 Å². The number of aliphatic hydroxyl groups is 1. The lowest BCUT2D eigenvalue weighted by molar-refractivity contribution is -0.124. The number of hydrogen-bond acceptors (Lipinski definition) is 3. The second-order valence-corrected chi connectivity index (χ2v) is 4.65. The Bertz CT molecular complexity index is 217. The van der Waals surface area contributed by atoms with Crippen molar-refractivity contribution in [2.24, 2.45) is 0 Å². The number of alkyl halides is 2. The summed E-state index contributed by atoms with van der Waals surface area (Å²) in [5, 5.41) is 11.4. The average Bonchev–Trinajstić information content (AvgIpc) is 1.98. The van der Waals surface area contributed by atoms with Crippen LogP contribution in [0, 0.1) is 0 Å². The maximum absolute atomic E-state index is 12.1. The van der Waals surface area contributed by atoms with Crippen LogP contribution in [0.15, 0.2) is 0 Å². The van der Waals surface area contributed by atoms with Gasteiger partial charge in [0.2, 0.25) is 5.91 Å². The topological polar surface area (TPSA) is 52.6 Å². The van der Waals surface area contributed by atoms with Crippen molar-refractivity contribution in [3.8, 4) is 0 Å². The molecule has 0 saturated heterocycles. The van der Waals surface area contributed by atoms with Crippen molar-refractivity contribution in [3.63, 3.8) is 0 Å². The fourth-order valence-corrected chi connectivity index (χ4v) is 1.23. The number of aliphatic hydroxyl groups excluding tert-OH is 1. The molecule has 16 heavy (non-hydrogen) atoms. The van der Waals surface area contributed by atoms with Crippen LogP contribution in [0.5, 0.6) is 0 Å². The molecule has 0 aliphatic rings. The van der Waals surface area contributed by atoms with Gasteiger partial charge in [0.15, 0.2) is 0 Å². The lowest BCUT2D eigenvalue weighted by atomic mass is 10.1. The molecule has 0 atom stereocenters. The molecule has 0 aromatic heterocycles. The summed E-state index contributed by atoms with van der Waals surface area (Å²) < 4.78 is 24.3. The van der Waals surface area contributed by atoms with Gasteiger partial charge in [-0.3, -0.25) is 9.69 Å². The fraction of sp³-hybridized carbons (Fsp3) is 0.900. The quantitative estimate of drug-likeness (QED) is 0.707. The van der Waals surface area contributed by atoms with Crippen molar-refractivity contribution in [3.05, 3.63) is 0 Å². The number of amides is 1. The van der Waals surface area contributed by atoms with Crippen LogP contribution in [0.3, 0.4) is 0 Å². The molecule has 4 nitrogen and oxygen atoms in total. The van der Waals surface area contributed by atoms with E-state index >= 15 is 0 Å². The van der Waals surface area contributed by atoms with E-state index in [1.807, 2.05) is 20.8 Å². The second-order valence-electron chi connectivity index (χ2n) is 4.65. The van der Waals surface area contributed by atoms with Gasteiger partial charge in [0.1, 0.15) is 0 Å². The van der Waals surface area contributed by atoms with Gasteiger partial charge in [0.05, 0.1) is 19.7 Å². The maximum Gasteiger partial charge on any atom is 0.251 e. The van der Waals surface area contributed by atoms with Gasteiger partial charge >= 0.3 is 0 Å². The molecule has 1 amide bonds. The van der Waals surface area contributed by atoms with E-state index in [0.717, 1.165) is 0 Å². The van der Waals surface area contributed by atoms with Crippen molar-refractivity contribution in [1.29, 1.82) is 0 Å². The van der Waals surface area contributed by atoms with Crippen LogP contribution < -0.4 is 5.32 Å². The molecule has 0 aliphatic carbocycles. The molecular formula is C10H20F2N2O2. The molecule has 0 fully saturated rings. The molecule has 0 heterocycles. The summed E-state index contributed by atoms with van der Waals surface area (Å²) in [6.45, 7) is 4.65. The summed E-state index contributed by atoms with van der Waals surface area (Å²) in [5.74, 6) is -0.318. The van der Waals surface area contributed by atoms with Crippen molar-refractivity contribution in [2.45, 2.75) is 32.7 Å². The monoisotopic (exact) mass is 238 g/mol. The number of carbonyl (C=O) groups excluding carboxylic acids is 1. The number of halogens is 2. The summed E-state index contributed by atoms with van der Waals surface area (Å²) in [5.41, 5.74) is -0.382. The van der Waals surface area contributed by atoms with Crippen LogP contribution in [0.2, 0.25) is 0 Å². The molecule has 0 aromatic rings. The Labute approximate surface area is 94.6 Å². The third kappa shape index (κ3) is 8.55. The summed E-state index contributed by atoms with van der Waals surface area (Å²) in [4.78, 5) is 12.7. The van der Waals surface area contributed by atoms with Gasteiger partial charge in [-0.2, -0.15) is 0 Å². The fourth-order valence-electron chi connectivity index (χ4n) is 1.23. The van der Waals surface area contributed by atoms with E-state index in [4.69, 9.17) is 5.11 Å². The third-order valence-corrected chi connectivity index (χ3v) is 1.69. The van der Waals surface area contributed by atoms with Crippen molar-refractivity contribution >= 4 is 5.91 Å². The normalized spacial score (nSPS) is 12.2. The van der Waals surface area contributed by atoms with Gasteiger partial charge < -0.3 is 10.4 Å². The molecular weight excluding hydrogens is 218 g/mol. The molecule has 0 unspecified atom stereocenters. The number of carbonyl (C=O) groups is 1. The predicted molar refractivity (Wildman–Crippen MR) is 57.4 cm³/mol. The SMILES string of the molecule is CC(C)(C)NC(=O)CN(CCO)CC(F)F. The Balaban J connectivity index is 4.12. The summed E-state index contributed by atoms with van der Waals surface area (Å²) in [7, 11) is 0. The van der Waals surface area contributed by atoms with Crippen LogP contribution in [-0.4, -0.2) is 54.1 Å². The highest BCUT2D eigenvalue weighted by Gasteiger charge is 2.18. The predicted octanol–water partition coefficient (Wildman–Crippen LogP) is 0.460.